The first kappa shape index (κ1) is 15.2. The zero-order valence-electron chi connectivity index (χ0n) is 13.6. The fraction of sp³-hybridized carbons (Fsp3) is 0.500. The summed E-state index contributed by atoms with van der Waals surface area (Å²) in [4.78, 5) is 29.1. The third-order valence-electron chi connectivity index (χ3n) is 5.24. The molecular weight excluding hydrogens is 304 g/mol. The monoisotopic (exact) mass is 326 g/mol. The van der Waals surface area contributed by atoms with Gasteiger partial charge in [-0.05, 0) is 24.5 Å². The number of pyridine rings is 1. The van der Waals surface area contributed by atoms with Crippen LogP contribution in [0.15, 0.2) is 29.3 Å². The maximum Gasteiger partial charge on any atom is 0.270 e. The average Bonchev–Trinajstić information content (AvgIpc) is 2.79. The first-order valence-corrected chi connectivity index (χ1v) is 8.78. The summed E-state index contributed by atoms with van der Waals surface area (Å²) in [5.41, 5.74) is 1.49. The van der Waals surface area contributed by atoms with Crippen LogP contribution in [0, 0.1) is 0 Å². The number of rotatable bonds is 2. The predicted octanol–water partition coefficient (Wildman–Crippen LogP) is 2.94. The molecule has 0 spiro atoms. The molecule has 1 aliphatic heterocycles. The lowest BCUT2D eigenvalue weighted by atomic mass is 9.88. The Morgan fingerprint density at radius 1 is 1.12 bits per heavy atom. The van der Waals surface area contributed by atoms with Crippen molar-refractivity contribution in [3.05, 3.63) is 46.0 Å². The van der Waals surface area contributed by atoms with Crippen molar-refractivity contribution in [1.29, 1.82) is 0 Å². The number of hydrogen-bond donors (Lipinski definition) is 2. The van der Waals surface area contributed by atoms with Crippen LogP contribution < -0.4 is 10.9 Å². The molecule has 0 radical (unpaired) electrons. The Hall–Kier alpha value is -2.37. The van der Waals surface area contributed by atoms with Gasteiger partial charge >= 0.3 is 0 Å². The molecule has 0 unspecified atom stereocenters. The molecule has 1 saturated carbocycles. The number of carbonyl (C=O) groups excluding carboxylic acids is 1. The number of hydrogen-bond acceptors (Lipinski definition) is 3. The highest BCUT2D eigenvalue weighted by atomic mass is 16.2. The van der Waals surface area contributed by atoms with E-state index in [1.165, 1.54) is 25.7 Å². The van der Waals surface area contributed by atoms with E-state index in [0.29, 0.717) is 11.4 Å². The summed E-state index contributed by atoms with van der Waals surface area (Å²) < 4.78 is 1.92. The van der Waals surface area contributed by atoms with E-state index in [4.69, 9.17) is 0 Å². The highest BCUT2D eigenvalue weighted by Crippen LogP contribution is 2.37. The third-order valence-corrected chi connectivity index (χ3v) is 5.24. The van der Waals surface area contributed by atoms with Gasteiger partial charge in [0.1, 0.15) is 5.82 Å². The van der Waals surface area contributed by atoms with Crippen molar-refractivity contribution in [2.24, 2.45) is 0 Å². The molecule has 1 fully saturated rings. The van der Waals surface area contributed by atoms with Gasteiger partial charge < -0.3 is 5.32 Å². The van der Waals surface area contributed by atoms with Crippen LogP contribution in [0.25, 0.3) is 0 Å². The fourth-order valence-corrected chi connectivity index (χ4v) is 4.04. The normalized spacial score (nSPS) is 21.8. The highest BCUT2D eigenvalue weighted by Gasteiger charge is 2.34. The summed E-state index contributed by atoms with van der Waals surface area (Å²) >= 11 is 0. The van der Waals surface area contributed by atoms with E-state index in [1.807, 2.05) is 16.8 Å². The maximum absolute atomic E-state index is 12.7. The number of nitrogens with one attached hydrogen (secondary N) is 2. The number of H-pyrrole nitrogens is 1. The van der Waals surface area contributed by atoms with Gasteiger partial charge in [0.15, 0.2) is 0 Å². The van der Waals surface area contributed by atoms with Crippen molar-refractivity contribution in [3.8, 4) is 0 Å². The Morgan fingerprint density at radius 2 is 1.92 bits per heavy atom. The third kappa shape index (κ3) is 2.66. The molecule has 2 aliphatic rings. The van der Waals surface area contributed by atoms with Gasteiger partial charge in [0.05, 0.1) is 11.6 Å². The molecule has 6 heteroatoms. The van der Waals surface area contributed by atoms with Gasteiger partial charge in [-0.3, -0.25) is 24.4 Å². The molecular formula is C18H22N4O2. The second-order valence-electron chi connectivity index (χ2n) is 6.81. The summed E-state index contributed by atoms with van der Waals surface area (Å²) in [7, 11) is 0. The lowest BCUT2D eigenvalue weighted by Gasteiger charge is -2.25. The largest absolute Gasteiger partial charge is 0.311 e. The number of fused-ring (bicyclic) bond motifs is 1. The second-order valence-corrected chi connectivity index (χ2v) is 6.81. The molecule has 24 heavy (non-hydrogen) atoms. The van der Waals surface area contributed by atoms with E-state index < -0.39 is 0 Å². The Morgan fingerprint density at radius 3 is 2.62 bits per heavy atom. The standard InChI is InChI=1S/C18H22N4O2/c23-15-10-14(12-6-5-9-19-11-12)16-17(20-15)22(21-18(16)24)13-7-3-1-2-4-8-13/h5-6,9,11,13-14H,1-4,7-8,10H2,(H,20,23)(H,21,24)/t14-/m1/s1. The molecule has 4 rings (SSSR count). The fourth-order valence-electron chi connectivity index (χ4n) is 4.04. The van der Waals surface area contributed by atoms with Gasteiger partial charge in [0.2, 0.25) is 5.91 Å². The van der Waals surface area contributed by atoms with Crippen LogP contribution in [0.1, 0.15) is 68.0 Å². The van der Waals surface area contributed by atoms with Crippen LogP contribution in [0.5, 0.6) is 0 Å². The van der Waals surface area contributed by atoms with Crippen LogP contribution in [-0.4, -0.2) is 20.7 Å². The minimum Gasteiger partial charge on any atom is -0.311 e. The minimum atomic E-state index is -0.224. The molecule has 2 N–H and O–H groups in total. The van der Waals surface area contributed by atoms with Crippen LogP contribution in [-0.2, 0) is 4.79 Å². The number of amides is 1. The summed E-state index contributed by atoms with van der Waals surface area (Å²) in [6, 6.07) is 4.04. The summed E-state index contributed by atoms with van der Waals surface area (Å²) in [5.74, 6) is 0.396. The molecule has 1 atom stereocenters. The first-order chi connectivity index (χ1) is 11.7. The lowest BCUT2D eigenvalue weighted by molar-refractivity contribution is -0.116. The van der Waals surface area contributed by atoms with Crippen LogP contribution in [0.3, 0.4) is 0 Å². The predicted molar refractivity (Wildman–Crippen MR) is 91.1 cm³/mol. The molecule has 1 aliphatic carbocycles. The van der Waals surface area contributed by atoms with E-state index in [9.17, 15) is 9.59 Å². The van der Waals surface area contributed by atoms with E-state index in [0.717, 1.165) is 18.4 Å². The highest BCUT2D eigenvalue weighted by molar-refractivity contribution is 5.94. The van der Waals surface area contributed by atoms with Crippen molar-refractivity contribution in [3.63, 3.8) is 0 Å². The Balaban J connectivity index is 1.78. The zero-order valence-corrected chi connectivity index (χ0v) is 13.6. The summed E-state index contributed by atoms with van der Waals surface area (Å²) in [5, 5.41) is 5.94. The van der Waals surface area contributed by atoms with Gasteiger partial charge in [-0.15, -0.1) is 0 Å². The van der Waals surface area contributed by atoms with E-state index in [2.05, 4.69) is 15.4 Å². The smallest absolute Gasteiger partial charge is 0.270 e. The van der Waals surface area contributed by atoms with Gasteiger partial charge in [-0.2, -0.15) is 0 Å². The van der Waals surface area contributed by atoms with Gasteiger partial charge in [-0.1, -0.05) is 31.7 Å². The number of anilines is 1. The molecule has 2 aromatic heterocycles. The molecule has 0 bridgehead atoms. The lowest BCUT2D eigenvalue weighted by Crippen LogP contribution is -2.27. The van der Waals surface area contributed by atoms with Crippen molar-refractivity contribution < 1.29 is 4.79 Å². The zero-order chi connectivity index (χ0) is 16.5. The summed E-state index contributed by atoms with van der Waals surface area (Å²) in [6.07, 6.45) is 10.7. The number of nitrogens with zero attached hydrogens (tertiary/aromatic N) is 2. The number of carbonyl (C=O) groups is 1. The Bertz CT molecular complexity index is 785. The molecule has 126 valence electrons. The van der Waals surface area contributed by atoms with Crippen LogP contribution in [0.2, 0.25) is 0 Å². The second kappa shape index (κ2) is 6.26. The van der Waals surface area contributed by atoms with E-state index >= 15 is 0 Å². The molecule has 3 heterocycles. The van der Waals surface area contributed by atoms with Crippen molar-refractivity contribution in [1.82, 2.24) is 14.8 Å². The van der Waals surface area contributed by atoms with Crippen molar-refractivity contribution in [2.45, 2.75) is 56.9 Å². The van der Waals surface area contributed by atoms with Crippen LogP contribution in [0.4, 0.5) is 5.82 Å². The molecule has 1 amide bonds. The van der Waals surface area contributed by atoms with Gasteiger partial charge in [0.25, 0.3) is 5.56 Å². The Kier molecular flexibility index (Phi) is 3.96. The topological polar surface area (TPSA) is 79.8 Å². The van der Waals surface area contributed by atoms with E-state index in [-0.39, 0.29) is 29.8 Å². The molecule has 6 nitrogen and oxygen atoms in total. The van der Waals surface area contributed by atoms with Gasteiger partial charge in [0, 0.05) is 24.7 Å². The van der Waals surface area contributed by atoms with E-state index in [1.54, 1.807) is 12.4 Å². The van der Waals surface area contributed by atoms with Crippen LogP contribution >= 0.6 is 0 Å². The quantitative estimate of drug-likeness (QED) is 0.833. The maximum atomic E-state index is 12.7. The SMILES string of the molecule is O=C1C[C@H](c2cccnc2)c2c(n(C3CCCCCC3)[nH]c2=O)N1. The number of aromatic nitrogens is 3. The summed E-state index contributed by atoms with van der Waals surface area (Å²) in [6.45, 7) is 0. The molecule has 0 aromatic carbocycles. The first-order valence-electron chi connectivity index (χ1n) is 8.78. The number of aromatic amines is 1. The van der Waals surface area contributed by atoms with Crippen molar-refractivity contribution >= 4 is 11.7 Å². The average molecular weight is 326 g/mol. The van der Waals surface area contributed by atoms with Gasteiger partial charge in [-0.25, -0.2) is 0 Å². The Labute approximate surface area is 140 Å². The van der Waals surface area contributed by atoms with Crippen molar-refractivity contribution in [2.75, 3.05) is 5.32 Å². The minimum absolute atomic E-state index is 0.0438. The molecule has 0 saturated heterocycles. The molecule has 2 aromatic rings.